The molecule has 13 heavy (non-hydrogen) atoms. The summed E-state index contributed by atoms with van der Waals surface area (Å²) in [5.74, 6) is 1.00. The molecule has 0 aromatic rings. The molecule has 2 fully saturated rings. The predicted octanol–water partition coefficient (Wildman–Crippen LogP) is 2.07. The molecule has 0 bridgehead atoms. The van der Waals surface area contributed by atoms with Gasteiger partial charge in [-0.15, -0.1) is 0 Å². The highest BCUT2D eigenvalue weighted by atomic mass is 16.5. The Morgan fingerprint density at radius 2 is 2.15 bits per heavy atom. The monoisotopic (exact) mass is 183 g/mol. The fourth-order valence-electron chi connectivity index (χ4n) is 2.34. The van der Waals surface area contributed by atoms with Crippen LogP contribution in [-0.4, -0.2) is 18.8 Å². The molecule has 0 spiro atoms. The molecule has 0 saturated heterocycles. The van der Waals surface area contributed by atoms with Crippen LogP contribution in [0.4, 0.5) is 0 Å². The van der Waals surface area contributed by atoms with E-state index in [4.69, 9.17) is 10.5 Å². The molecule has 2 heteroatoms. The molecule has 0 heterocycles. The summed E-state index contributed by atoms with van der Waals surface area (Å²) in [5, 5.41) is 0. The Morgan fingerprint density at radius 1 is 1.46 bits per heavy atom. The van der Waals surface area contributed by atoms with Gasteiger partial charge in [0.15, 0.2) is 0 Å². The molecular formula is C11H21NO. The number of hydrogen-bond donors (Lipinski definition) is 1. The number of hydrogen-bond acceptors (Lipinski definition) is 2. The molecule has 2 aliphatic carbocycles. The van der Waals surface area contributed by atoms with Gasteiger partial charge < -0.3 is 10.5 Å². The van der Waals surface area contributed by atoms with Crippen LogP contribution in [0.5, 0.6) is 0 Å². The van der Waals surface area contributed by atoms with Crippen molar-refractivity contribution < 1.29 is 4.74 Å². The topological polar surface area (TPSA) is 35.2 Å². The van der Waals surface area contributed by atoms with Gasteiger partial charge in [-0.2, -0.15) is 0 Å². The lowest BCUT2D eigenvalue weighted by molar-refractivity contribution is -0.0918. The predicted molar refractivity (Wildman–Crippen MR) is 53.5 cm³/mol. The summed E-state index contributed by atoms with van der Waals surface area (Å²) in [7, 11) is 1.82. The largest absolute Gasteiger partial charge is 0.377 e. The number of methoxy groups -OCH3 is 1. The molecule has 2 aliphatic rings. The normalized spacial score (nSPS) is 28.2. The Hall–Kier alpha value is -0.0800. The fourth-order valence-corrected chi connectivity index (χ4v) is 2.34. The van der Waals surface area contributed by atoms with Crippen molar-refractivity contribution in [1.29, 1.82) is 0 Å². The third-order valence-corrected chi connectivity index (χ3v) is 3.87. The summed E-state index contributed by atoms with van der Waals surface area (Å²) in [6.07, 6.45) is 9.01. The van der Waals surface area contributed by atoms with E-state index >= 15 is 0 Å². The highest BCUT2D eigenvalue weighted by molar-refractivity contribution is 4.98. The summed E-state index contributed by atoms with van der Waals surface area (Å²) in [6, 6.07) is 0.284. The highest BCUT2D eigenvalue weighted by Crippen LogP contribution is 2.41. The van der Waals surface area contributed by atoms with Gasteiger partial charge in [0.25, 0.3) is 0 Å². The first-order valence-corrected chi connectivity index (χ1v) is 5.57. The van der Waals surface area contributed by atoms with E-state index in [2.05, 4.69) is 0 Å². The minimum Gasteiger partial charge on any atom is -0.377 e. The summed E-state index contributed by atoms with van der Waals surface area (Å²) in [4.78, 5) is 0. The number of ether oxygens (including phenoxy) is 1. The van der Waals surface area contributed by atoms with E-state index in [1.54, 1.807) is 0 Å². The maximum Gasteiger partial charge on any atom is 0.0828 e. The molecule has 0 aromatic carbocycles. The SMILES string of the molecule is COC1(C(N)CCC2CC2)CCC1. The minimum absolute atomic E-state index is 0.0644. The van der Waals surface area contributed by atoms with Crippen LogP contribution < -0.4 is 5.73 Å². The Balaban J connectivity index is 1.76. The summed E-state index contributed by atoms with van der Waals surface area (Å²) >= 11 is 0. The third kappa shape index (κ3) is 1.89. The zero-order chi connectivity index (χ0) is 9.31. The van der Waals surface area contributed by atoms with E-state index in [0.717, 1.165) is 5.92 Å². The first-order valence-electron chi connectivity index (χ1n) is 5.57. The third-order valence-electron chi connectivity index (χ3n) is 3.87. The second-order valence-corrected chi connectivity index (χ2v) is 4.75. The molecule has 2 rings (SSSR count). The molecule has 2 saturated carbocycles. The van der Waals surface area contributed by atoms with Crippen LogP contribution in [-0.2, 0) is 4.74 Å². The highest BCUT2D eigenvalue weighted by Gasteiger charge is 2.42. The Kier molecular flexibility index (Phi) is 2.61. The molecule has 0 aromatic heterocycles. The molecule has 2 N–H and O–H groups in total. The van der Waals surface area contributed by atoms with Crippen LogP contribution in [0.1, 0.15) is 44.9 Å². The van der Waals surface area contributed by atoms with Gasteiger partial charge in [-0.3, -0.25) is 0 Å². The molecule has 2 nitrogen and oxygen atoms in total. The van der Waals surface area contributed by atoms with E-state index in [1.807, 2.05) is 7.11 Å². The van der Waals surface area contributed by atoms with Crippen LogP contribution in [0, 0.1) is 5.92 Å². The second kappa shape index (κ2) is 3.58. The van der Waals surface area contributed by atoms with Gasteiger partial charge in [-0.05, 0) is 38.0 Å². The Labute approximate surface area is 80.8 Å². The van der Waals surface area contributed by atoms with Crippen LogP contribution >= 0.6 is 0 Å². The average molecular weight is 183 g/mol. The van der Waals surface area contributed by atoms with Gasteiger partial charge in [-0.25, -0.2) is 0 Å². The van der Waals surface area contributed by atoms with Crippen molar-refractivity contribution in [3.8, 4) is 0 Å². The van der Waals surface area contributed by atoms with Crippen molar-refractivity contribution in [2.75, 3.05) is 7.11 Å². The zero-order valence-electron chi connectivity index (χ0n) is 8.59. The first-order chi connectivity index (χ1) is 6.27. The van der Waals surface area contributed by atoms with Gasteiger partial charge in [0.05, 0.1) is 5.60 Å². The molecular weight excluding hydrogens is 162 g/mol. The summed E-state index contributed by atoms with van der Waals surface area (Å²) in [5.41, 5.74) is 6.24. The summed E-state index contributed by atoms with van der Waals surface area (Å²) < 4.78 is 5.56. The van der Waals surface area contributed by atoms with Gasteiger partial charge >= 0.3 is 0 Å². The van der Waals surface area contributed by atoms with Crippen LogP contribution in [0.15, 0.2) is 0 Å². The van der Waals surface area contributed by atoms with Crippen LogP contribution in [0.3, 0.4) is 0 Å². The van der Waals surface area contributed by atoms with Crippen molar-refractivity contribution in [1.82, 2.24) is 0 Å². The first kappa shape index (κ1) is 9.47. The van der Waals surface area contributed by atoms with Gasteiger partial charge in [-0.1, -0.05) is 12.8 Å². The maximum absolute atomic E-state index is 6.18. The summed E-state index contributed by atoms with van der Waals surface area (Å²) in [6.45, 7) is 0. The number of nitrogens with two attached hydrogens (primary N) is 1. The molecule has 76 valence electrons. The second-order valence-electron chi connectivity index (χ2n) is 4.75. The molecule has 0 radical (unpaired) electrons. The maximum atomic E-state index is 6.18. The lowest BCUT2D eigenvalue weighted by Crippen LogP contribution is -2.54. The smallest absolute Gasteiger partial charge is 0.0828 e. The number of rotatable bonds is 5. The standard InChI is InChI=1S/C11H21NO/c1-13-11(7-2-8-11)10(12)6-5-9-3-4-9/h9-10H,2-8,12H2,1H3. The average Bonchev–Trinajstić information content (AvgIpc) is 2.82. The van der Waals surface area contributed by atoms with Crippen molar-refractivity contribution in [2.45, 2.75) is 56.6 Å². The molecule has 0 amide bonds. The lowest BCUT2D eigenvalue weighted by Gasteiger charge is -2.45. The molecule has 1 atom stereocenters. The van der Waals surface area contributed by atoms with Crippen LogP contribution in [0.25, 0.3) is 0 Å². The fraction of sp³-hybridized carbons (Fsp3) is 1.00. The van der Waals surface area contributed by atoms with E-state index < -0.39 is 0 Å². The van der Waals surface area contributed by atoms with Gasteiger partial charge in [0.1, 0.15) is 0 Å². The van der Waals surface area contributed by atoms with E-state index in [9.17, 15) is 0 Å². The van der Waals surface area contributed by atoms with Crippen molar-refractivity contribution in [2.24, 2.45) is 11.7 Å². The quantitative estimate of drug-likeness (QED) is 0.708. The van der Waals surface area contributed by atoms with Gasteiger partial charge in [0, 0.05) is 13.2 Å². The van der Waals surface area contributed by atoms with E-state index in [0.29, 0.717) is 0 Å². The van der Waals surface area contributed by atoms with Crippen LogP contribution in [0.2, 0.25) is 0 Å². The van der Waals surface area contributed by atoms with Gasteiger partial charge in [0.2, 0.25) is 0 Å². The zero-order valence-corrected chi connectivity index (χ0v) is 8.59. The van der Waals surface area contributed by atoms with Crippen molar-refractivity contribution in [3.05, 3.63) is 0 Å². The van der Waals surface area contributed by atoms with E-state index in [1.165, 1.54) is 44.9 Å². The Bertz CT molecular complexity index is 167. The minimum atomic E-state index is 0.0644. The van der Waals surface area contributed by atoms with E-state index in [-0.39, 0.29) is 11.6 Å². The molecule has 0 aliphatic heterocycles. The van der Waals surface area contributed by atoms with Crippen molar-refractivity contribution >= 4 is 0 Å². The Morgan fingerprint density at radius 3 is 2.54 bits per heavy atom. The van der Waals surface area contributed by atoms with Crippen molar-refractivity contribution in [3.63, 3.8) is 0 Å². The lowest BCUT2D eigenvalue weighted by atomic mass is 9.73. The molecule has 1 unspecified atom stereocenters.